The molecule has 24 heavy (non-hydrogen) atoms. The Labute approximate surface area is 157 Å². The molecule has 6 heteroatoms. The highest BCUT2D eigenvalue weighted by Gasteiger charge is 2.15. The molecule has 122 valence electrons. The summed E-state index contributed by atoms with van der Waals surface area (Å²) in [7, 11) is 0. The van der Waals surface area contributed by atoms with Gasteiger partial charge in [-0.15, -0.1) is 0 Å². The predicted molar refractivity (Wildman–Crippen MR) is 102 cm³/mol. The second kappa shape index (κ2) is 6.63. The molecule has 2 aromatic carbocycles. The number of hydrogen-bond donors (Lipinski definition) is 2. The molecule has 0 bridgehead atoms. The fourth-order valence-corrected chi connectivity index (χ4v) is 3.34. The van der Waals surface area contributed by atoms with Crippen LogP contribution < -0.4 is 5.56 Å². The molecule has 0 atom stereocenters. The molecule has 0 aliphatic carbocycles. The average molecular weight is 425 g/mol. The summed E-state index contributed by atoms with van der Waals surface area (Å²) in [6.45, 7) is 1.99. The number of aromatic amines is 1. The number of H-pyrrole nitrogens is 1. The van der Waals surface area contributed by atoms with Crippen LogP contribution in [0.4, 0.5) is 0 Å². The average Bonchev–Trinajstić information content (AvgIpc) is 2.54. The number of phenols is 1. The zero-order valence-electron chi connectivity index (χ0n) is 12.5. The third-order valence-electron chi connectivity index (χ3n) is 3.65. The number of pyridine rings is 1. The first-order valence-electron chi connectivity index (χ1n) is 7.05. The summed E-state index contributed by atoms with van der Waals surface area (Å²) in [4.78, 5) is 15.0. The van der Waals surface area contributed by atoms with Gasteiger partial charge in [0, 0.05) is 16.1 Å². The van der Waals surface area contributed by atoms with Crippen LogP contribution in [0.15, 0.2) is 51.7 Å². The van der Waals surface area contributed by atoms with Crippen molar-refractivity contribution in [3.8, 4) is 28.1 Å². The van der Waals surface area contributed by atoms with Crippen LogP contribution in [-0.4, -0.2) is 10.1 Å². The number of hydrogen-bond acceptors (Lipinski definition) is 2. The zero-order valence-corrected chi connectivity index (χ0v) is 15.6. The second-order valence-electron chi connectivity index (χ2n) is 5.39. The van der Waals surface area contributed by atoms with Gasteiger partial charge in [0.05, 0.1) is 15.2 Å². The maximum Gasteiger partial charge on any atom is 0.263 e. The number of aryl methyl sites for hydroxylation is 1. The highest BCUT2D eigenvalue weighted by Crippen LogP contribution is 2.38. The molecule has 0 unspecified atom stereocenters. The fourth-order valence-electron chi connectivity index (χ4n) is 2.40. The van der Waals surface area contributed by atoms with Crippen LogP contribution in [0.25, 0.3) is 22.4 Å². The molecule has 0 aliphatic heterocycles. The minimum absolute atomic E-state index is 0.123. The van der Waals surface area contributed by atoms with E-state index >= 15 is 0 Å². The number of aromatic nitrogens is 1. The highest BCUT2D eigenvalue weighted by molar-refractivity contribution is 9.10. The number of benzene rings is 2. The zero-order chi connectivity index (χ0) is 17.4. The van der Waals surface area contributed by atoms with Crippen LogP contribution in [0.5, 0.6) is 5.75 Å². The highest BCUT2D eigenvalue weighted by atomic mass is 79.9. The van der Waals surface area contributed by atoms with Crippen molar-refractivity contribution in [3.05, 3.63) is 72.9 Å². The minimum atomic E-state index is -0.307. The van der Waals surface area contributed by atoms with Gasteiger partial charge in [0.25, 0.3) is 5.56 Å². The number of nitrogens with one attached hydrogen (secondary N) is 1. The van der Waals surface area contributed by atoms with Gasteiger partial charge in [-0.2, -0.15) is 0 Å². The lowest BCUT2D eigenvalue weighted by Gasteiger charge is -2.11. The van der Waals surface area contributed by atoms with Gasteiger partial charge in [-0.3, -0.25) is 4.79 Å². The van der Waals surface area contributed by atoms with Gasteiger partial charge < -0.3 is 10.1 Å². The van der Waals surface area contributed by atoms with Crippen molar-refractivity contribution in [2.24, 2.45) is 0 Å². The largest absolute Gasteiger partial charge is 0.506 e. The summed E-state index contributed by atoms with van der Waals surface area (Å²) in [5, 5.41) is 10.7. The lowest BCUT2D eigenvalue weighted by molar-refractivity contribution is 0.477. The van der Waals surface area contributed by atoms with Crippen molar-refractivity contribution in [3.63, 3.8) is 0 Å². The SMILES string of the molecule is Cc1ccc(-c2cc(-c3cc(Cl)cc(Cl)c3O)[nH]c(=O)c2Br)cc1. The smallest absolute Gasteiger partial charge is 0.263 e. The van der Waals surface area contributed by atoms with E-state index in [4.69, 9.17) is 23.2 Å². The van der Waals surface area contributed by atoms with Crippen LogP contribution >= 0.6 is 39.1 Å². The van der Waals surface area contributed by atoms with E-state index < -0.39 is 0 Å². The third kappa shape index (κ3) is 3.22. The molecule has 0 saturated carbocycles. The second-order valence-corrected chi connectivity index (χ2v) is 7.03. The van der Waals surface area contributed by atoms with E-state index in [-0.39, 0.29) is 16.3 Å². The van der Waals surface area contributed by atoms with Gasteiger partial charge >= 0.3 is 0 Å². The van der Waals surface area contributed by atoms with Crippen molar-refractivity contribution in [2.75, 3.05) is 0 Å². The Hall–Kier alpha value is -1.75. The quantitative estimate of drug-likeness (QED) is 0.546. The van der Waals surface area contributed by atoms with Crippen molar-refractivity contribution >= 4 is 39.1 Å². The van der Waals surface area contributed by atoms with Gasteiger partial charge in [0.15, 0.2) is 0 Å². The number of halogens is 3. The molecule has 0 radical (unpaired) electrons. The maximum absolute atomic E-state index is 12.3. The molecule has 1 heterocycles. The number of rotatable bonds is 2. The Morgan fingerprint density at radius 1 is 1.04 bits per heavy atom. The molecule has 3 nitrogen and oxygen atoms in total. The van der Waals surface area contributed by atoms with Gasteiger partial charge in [-0.05, 0) is 46.6 Å². The van der Waals surface area contributed by atoms with E-state index in [9.17, 15) is 9.90 Å². The number of aromatic hydroxyl groups is 1. The lowest BCUT2D eigenvalue weighted by Crippen LogP contribution is -2.09. The van der Waals surface area contributed by atoms with Gasteiger partial charge in [0.2, 0.25) is 0 Å². The fraction of sp³-hybridized carbons (Fsp3) is 0.0556. The van der Waals surface area contributed by atoms with Crippen LogP contribution in [0.2, 0.25) is 10.0 Å². The first-order valence-corrected chi connectivity index (χ1v) is 8.60. The summed E-state index contributed by atoms with van der Waals surface area (Å²) in [6, 6.07) is 12.6. The van der Waals surface area contributed by atoms with E-state index in [1.807, 2.05) is 31.2 Å². The Bertz CT molecular complexity index is 982. The molecule has 0 aliphatic rings. The summed E-state index contributed by atoms with van der Waals surface area (Å²) >= 11 is 15.3. The molecule has 2 N–H and O–H groups in total. The van der Waals surface area contributed by atoms with E-state index in [0.717, 1.165) is 11.1 Å². The van der Waals surface area contributed by atoms with E-state index in [2.05, 4.69) is 20.9 Å². The Morgan fingerprint density at radius 3 is 2.38 bits per heavy atom. The van der Waals surface area contributed by atoms with Gasteiger partial charge in [-0.25, -0.2) is 0 Å². The predicted octanol–water partition coefficient (Wildman–Crippen LogP) is 5.79. The normalized spacial score (nSPS) is 10.8. The summed E-state index contributed by atoms with van der Waals surface area (Å²) < 4.78 is 0.419. The molecular formula is C18H12BrCl2NO2. The van der Waals surface area contributed by atoms with E-state index in [1.54, 1.807) is 12.1 Å². The van der Waals surface area contributed by atoms with Crippen LogP contribution in [0, 0.1) is 6.92 Å². The first kappa shape index (κ1) is 17.1. The molecular weight excluding hydrogens is 413 g/mol. The Morgan fingerprint density at radius 2 is 1.71 bits per heavy atom. The molecule has 0 amide bonds. The standard InChI is InChI=1S/C18H12BrCl2NO2/c1-9-2-4-10(5-3-9)12-8-15(22-18(24)16(12)19)13-6-11(20)7-14(21)17(13)23/h2-8,23H,1H3,(H,22,24). The van der Waals surface area contributed by atoms with Crippen molar-refractivity contribution < 1.29 is 5.11 Å². The van der Waals surface area contributed by atoms with Crippen molar-refractivity contribution in [2.45, 2.75) is 6.92 Å². The van der Waals surface area contributed by atoms with Crippen LogP contribution in [-0.2, 0) is 0 Å². The summed E-state index contributed by atoms with van der Waals surface area (Å²) in [6.07, 6.45) is 0. The molecule has 3 aromatic rings. The topological polar surface area (TPSA) is 53.1 Å². The molecule has 3 rings (SSSR count). The molecule has 0 fully saturated rings. The first-order chi connectivity index (χ1) is 11.4. The molecule has 1 aromatic heterocycles. The summed E-state index contributed by atoms with van der Waals surface area (Å²) in [5.74, 6) is -0.131. The van der Waals surface area contributed by atoms with Crippen molar-refractivity contribution in [1.82, 2.24) is 4.98 Å². The van der Waals surface area contributed by atoms with Gasteiger partial charge in [-0.1, -0.05) is 53.0 Å². The molecule has 0 saturated heterocycles. The maximum atomic E-state index is 12.3. The minimum Gasteiger partial charge on any atom is -0.506 e. The monoisotopic (exact) mass is 423 g/mol. The summed E-state index contributed by atoms with van der Waals surface area (Å²) in [5.41, 5.74) is 3.21. The van der Waals surface area contributed by atoms with E-state index in [1.165, 1.54) is 6.07 Å². The van der Waals surface area contributed by atoms with Gasteiger partial charge in [0.1, 0.15) is 5.75 Å². The van der Waals surface area contributed by atoms with E-state index in [0.29, 0.717) is 26.3 Å². The lowest BCUT2D eigenvalue weighted by atomic mass is 10.0. The Balaban J connectivity index is 2.25. The molecule has 0 spiro atoms. The van der Waals surface area contributed by atoms with Crippen molar-refractivity contribution in [1.29, 1.82) is 0 Å². The number of phenolic OH excluding ortho intramolecular Hbond substituents is 1. The third-order valence-corrected chi connectivity index (χ3v) is 4.95. The van der Waals surface area contributed by atoms with Crippen LogP contribution in [0.1, 0.15) is 5.56 Å². The van der Waals surface area contributed by atoms with Crippen LogP contribution in [0.3, 0.4) is 0 Å². The Kier molecular flexibility index (Phi) is 4.72.